The van der Waals surface area contributed by atoms with E-state index >= 15 is 0 Å². The second-order valence-electron chi connectivity index (χ2n) is 7.39. The standard InChI is InChI=1S/C25H22IN3/c26-21-13-15-22(16-14-21)29-25-23(8-4-5-17-27-25)24(28-29)20-11-9-19(10-12-20)18-6-2-1-3-7-18/h1-3,6-7,9-16,27H,4-5,8,17H2. The van der Waals surface area contributed by atoms with Crippen LogP contribution in [-0.2, 0) is 6.42 Å². The smallest absolute Gasteiger partial charge is 0.133 e. The van der Waals surface area contributed by atoms with Crippen molar-refractivity contribution in [1.82, 2.24) is 9.78 Å². The highest BCUT2D eigenvalue weighted by Gasteiger charge is 2.21. The minimum Gasteiger partial charge on any atom is -0.370 e. The van der Waals surface area contributed by atoms with Crippen LogP contribution < -0.4 is 5.32 Å². The van der Waals surface area contributed by atoms with Crippen LogP contribution >= 0.6 is 22.6 Å². The molecule has 1 N–H and O–H groups in total. The van der Waals surface area contributed by atoms with E-state index in [1.54, 1.807) is 0 Å². The molecule has 1 aliphatic heterocycles. The highest BCUT2D eigenvalue weighted by atomic mass is 127. The molecule has 1 aromatic heterocycles. The zero-order chi connectivity index (χ0) is 19.6. The summed E-state index contributed by atoms with van der Waals surface area (Å²) in [4.78, 5) is 0. The number of hydrogen-bond acceptors (Lipinski definition) is 2. The largest absolute Gasteiger partial charge is 0.370 e. The minimum absolute atomic E-state index is 0.995. The predicted octanol–water partition coefficient (Wildman–Crippen LogP) is 6.56. The Balaban J connectivity index is 1.59. The van der Waals surface area contributed by atoms with Crippen molar-refractivity contribution < 1.29 is 0 Å². The Morgan fingerprint density at radius 1 is 0.759 bits per heavy atom. The van der Waals surface area contributed by atoms with Gasteiger partial charge in [0.05, 0.1) is 11.4 Å². The van der Waals surface area contributed by atoms with E-state index in [9.17, 15) is 0 Å². The number of nitrogens with one attached hydrogen (secondary N) is 1. The highest BCUT2D eigenvalue weighted by Crippen LogP contribution is 2.35. The molecule has 3 aromatic carbocycles. The van der Waals surface area contributed by atoms with Crippen LogP contribution in [0.3, 0.4) is 0 Å². The molecule has 1 aliphatic rings. The first kappa shape index (κ1) is 18.4. The first-order valence-corrected chi connectivity index (χ1v) is 11.1. The van der Waals surface area contributed by atoms with Crippen LogP contribution in [0.2, 0.25) is 0 Å². The number of halogens is 1. The minimum atomic E-state index is 0.995. The van der Waals surface area contributed by atoms with Gasteiger partial charge >= 0.3 is 0 Å². The molecule has 5 rings (SSSR count). The van der Waals surface area contributed by atoms with Crippen LogP contribution in [0.25, 0.3) is 28.1 Å². The lowest BCUT2D eigenvalue weighted by atomic mass is 10.00. The van der Waals surface area contributed by atoms with Crippen LogP contribution in [0.15, 0.2) is 78.9 Å². The maximum absolute atomic E-state index is 5.06. The molecule has 0 bridgehead atoms. The monoisotopic (exact) mass is 491 g/mol. The summed E-state index contributed by atoms with van der Waals surface area (Å²) in [6.45, 7) is 0.995. The molecule has 0 saturated heterocycles. The third-order valence-electron chi connectivity index (χ3n) is 5.47. The van der Waals surface area contributed by atoms with Gasteiger partial charge in [0.15, 0.2) is 0 Å². The predicted molar refractivity (Wildman–Crippen MR) is 129 cm³/mol. The third-order valence-corrected chi connectivity index (χ3v) is 6.19. The number of fused-ring (bicyclic) bond motifs is 1. The van der Waals surface area contributed by atoms with Crippen molar-refractivity contribution in [3.8, 4) is 28.1 Å². The molecule has 0 aliphatic carbocycles. The van der Waals surface area contributed by atoms with Crippen molar-refractivity contribution in [3.05, 3.63) is 88.0 Å². The second-order valence-corrected chi connectivity index (χ2v) is 8.64. The van der Waals surface area contributed by atoms with Gasteiger partial charge in [-0.3, -0.25) is 0 Å². The molecule has 0 saturated carbocycles. The van der Waals surface area contributed by atoms with Gasteiger partial charge in [0.1, 0.15) is 5.82 Å². The van der Waals surface area contributed by atoms with Gasteiger partial charge in [0.2, 0.25) is 0 Å². The second kappa shape index (κ2) is 8.03. The molecule has 3 nitrogen and oxygen atoms in total. The SMILES string of the molecule is Ic1ccc(-n2nc(-c3ccc(-c4ccccc4)cc3)c3c2NCCCC3)cc1. The van der Waals surface area contributed by atoms with E-state index in [-0.39, 0.29) is 0 Å². The van der Waals surface area contributed by atoms with Gasteiger partial charge in [-0.1, -0.05) is 54.6 Å². The van der Waals surface area contributed by atoms with Gasteiger partial charge in [-0.15, -0.1) is 0 Å². The summed E-state index contributed by atoms with van der Waals surface area (Å²) >= 11 is 2.34. The van der Waals surface area contributed by atoms with Crippen LogP contribution in [-0.4, -0.2) is 16.3 Å². The van der Waals surface area contributed by atoms with Crippen LogP contribution in [0.1, 0.15) is 18.4 Å². The third kappa shape index (κ3) is 3.69. The number of benzene rings is 3. The molecule has 0 amide bonds. The number of hydrogen-bond donors (Lipinski definition) is 1. The van der Waals surface area contributed by atoms with Crippen molar-refractivity contribution in [2.45, 2.75) is 19.3 Å². The quantitative estimate of drug-likeness (QED) is 0.329. The lowest BCUT2D eigenvalue weighted by Crippen LogP contribution is -2.07. The van der Waals surface area contributed by atoms with Crippen LogP contribution in [0.5, 0.6) is 0 Å². The Labute approximate surface area is 184 Å². The molecule has 29 heavy (non-hydrogen) atoms. The van der Waals surface area contributed by atoms with E-state index in [4.69, 9.17) is 5.10 Å². The lowest BCUT2D eigenvalue weighted by molar-refractivity contribution is 0.780. The van der Waals surface area contributed by atoms with Crippen LogP contribution in [0.4, 0.5) is 5.82 Å². The van der Waals surface area contributed by atoms with Crippen molar-refractivity contribution in [2.75, 3.05) is 11.9 Å². The summed E-state index contributed by atoms with van der Waals surface area (Å²) in [5, 5.41) is 8.69. The molecule has 4 heteroatoms. The van der Waals surface area contributed by atoms with Gasteiger partial charge in [0.25, 0.3) is 0 Å². The Morgan fingerprint density at radius 2 is 1.45 bits per heavy atom. The fourth-order valence-corrected chi connectivity index (χ4v) is 4.31. The van der Waals surface area contributed by atoms with E-state index < -0.39 is 0 Å². The van der Waals surface area contributed by atoms with E-state index in [1.165, 1.54) is 38.7 Å². The molecular weight excluding hydrogens is 469 g/mol. The number of anilines is 1. The Kier molecular flexibility index (Phi) is 5.10. The van der Waals surface area contributed by atoms with Crippen molar-refractivity contribution in [3.63, 3.8) is 0 Å². The highest BCUT2D eigenvalue weighted by molar-refractivity contribution is 14.1. The Hall–Kier alpha value is -2.60. The number of rotatable bonds is 3. The summed E-state index contributed by atoms with van der Waals surface area (Å²) in [6.07, 6.45) is 3.43. The maximum Gasteiger partial charge on any atom is 0.133 e. The summed E-state index contributed by atoms with van der Waals surface area (Å²) in [6, 6.07) is 27.9. The van der Waals surface area contributed by atoms with E-state index in [1.807, 2.05) is 0 Å². The summed E-state index contributed by atoms with van der Waals surface area (Å²) in [7, 11) is 0. The molecular formula is C25H22IN3. The van der Waals surface area contributed by atoms with E-state index in [0.29, 0.717) is 0 Å². The molecule has 0 unspecified atom stereocenters. The topological polar surface area (TPSA) is 29.9 Å². The number of aromatic nitrogens is 2. The summed E-state index contributed by atoms with van der Waals surface area (Å²) in [5.41, 5.74) is 7.16. The van der Waals surface area contributed by atoms with Gasteiger partial charge in [0, 0.05) is 21.2 Å². The number of nitrogens with zero attached hydrogens (tertiary/aromatic N) is 2. The summed E-state index contributed by atoms with van der Waals surface area (Å²) < 4.78 is 3.31. The molecule has 4 aromatic rings. The lowest BCUT2D eigenvalue weighted by Gasteiger charge is -2.09. The van der Waals surface area contributed by atoms with Crippen molar-refractivity contribution >= 4 is 28.4 Å². The van der Waals surface area contributed by atoms with Crippen molar-refractivity contribution in [2.24, 2.45) is 0 Å². The fraction of sp³-hybridized carbons (Fsp3) is 0.160. The first-order valence-electron chi connectivity index (χ1n) is 10.1. The zero-order valence-corrected chi connectivity index (χ0v) is 18.3. The zero-order valence-electron chi connectivity index (χ0n) is 16.1. The molecule has 2 heterocycles. The molecule has 0 spiro atoms. The van der Waals surface area contributed by atoms with Crippen molar-refractivity contribution in [1.29, 1.82) is 0 Å². The fourth-order valence-electron chi connectivity index (χ4n) is 3.95. The molecule has 0 radical (unpaired) electrons. The van der Waals surface area contributed by atoms with Gasteiger partial charge in [-0.25, -0.2) is 4.68 Å². The van der Waals surface area contributed by atoms with Gasteiger partial charge in [-0.05, 0) is 77.2 Å². The summed E-state index contributed by atoms with van der Waals surface area (Å²) in [5.74, 6) is 1.14. The Bertz CT molecular complexity index is 1110. The van der Waals surface area contributed by atoms with Gasteiger partial charge < -0.3 is 5.32 Å². The molecule has 144 valence electrons. The normalized spacial score (nSPS) is 13.4. The van der Waals surface area contributed by atoms with Gasteiger partial charge in [-0.2, -0.15) is 5.10 Å². The van der Waals surface area contributed by atoms with Crippen LogP contribution in [0, 0.1) is 3.57 Å². The molecule has 0 fully saturated rings. The first-order chi connectivity index (χ1) is 14.3. The average Bonchev–Trinajstić information content (AvgIpc) is 2.96. The Morgan fingerprint density at radius 3 is 2.21 bits per heavy atom. The molecule has 0 atom stereocenters. The maximum atomic E-state index is 5.06. The average molecular weight is 491 g/mol. The van der Waals surface area contributed by atoms with E-state index in [0.717, 1.165) is 30.2 Å². The van der Waals surface area contributed by atoms with E-state index in [2.05, 4.69) is 111 Å².